The van der Waals surface area contributed by atoms with Crippen molar-refractivity contribution in [2.24, 2.45) is 0 Å². The monoisotopic (exact) mass is 155 g/mol. The minimum absolute atomic E-state index is 0.0208. The number of hydrogen-bond acceptors (Lipinski definition) is 3. The van der Waals surface area contributed by atoms with Gasteiger partial charge in [0.2, 0.25) is 5.69 Å². The first-order valence-corrected chi connectivity index (χ1v) is 3.15. The molecule has 0 saturated heterocycles. The molecule has 1 rings (SSSR count). The number of phenolic OH excluding ortho intramolecular Hbond substituents is 2. The Hall–Kier alpha value is -1.26. The van der Waals surface area contributed by atoms with Crippen LogP contribution in [0.3, 0.4) is 0 Å². The Morgan fingerprint density at radius 1 is 1.27 bits per heavy atom. The number of benzene rings is 1. The molecular formula is C7H9NO3. The Morgan fingerprint density at radius 3 is 2.00 bits per heavy atom. The highest BCUT2D eigenvalue weighted by Crippen LogP contribution is 2.27. The van der Waals surface area contributed by atoms with Gasteiger partial charge >= 0.3 is 0 Å². The van der Waals surface area contributed by atoms with Gasteiger partial charge in [0.25, 0.3) is 0 Å². The lowest BCUT2D eigenvalue weighted by atomic mass is 10.2. The molecule has 1 aromatic carbocycles. The Morgan fingerprint density at radius 2 is 1.73 bits per heavy atom. The third-order valence-corrected chi connectivity index (χ3v) is 1.37. The molecule has 0 amide bonds. The van der Waals surface area contributed by atoms with Crippen molar-refractivity contribution in [3.8, 4) is 11.5 Å². The summed E-state index contributed by atoms with van der Waals surface area (Å²) in [4.78, 5) is 0. The molecule has 0 aromatic heterocycles. The van der Waals surface area contributed by atoms with Crippen LogP contribution in [0.5, 0.6) is 11.5 Å². The van der Waals surface area contributed by atoms with E-state index in [4.69, 9.17) is 10.2 Å². The van der Waals surface area contributed by atoms with Gasteiger partial charge in [0.05, 0.1) is 7.05 Å². The van der Waals surface area contributed by atoms with Crippen LogP contribution in [0.4, 0.5) is 5.69 Å². The van der Waals surface area contributed by atoms with Gasteiger partial charge in [-0.25, -0.2) is 0 Å². The zero-order valence-corrected chi connectivity index (χ0v) is 6.03. The van der Waals surface area contributed by atoms with Crippen LogP contribution in [0.1, 0.15) is 0 Å². The van der Waals surface area contributed by atoms with Gasteiger partial charge in [0.1, 0.15) is 0 Å². The highest BCUT2D eigenvalue weighted by Gasteiger charge is 2.10. The summed E-state index contributed by atoms with van der Waals surface area (Å²) in [6.45, 7) is 0. The van der Waals surface area contributed by atoms with Crippen LogP contribution in [-0.2, 0) is 0 Å². The van der Waals surface area contributed by atoms with E-state index in [9.17, 15) is 5.21 Å². The predicted molar refractivity (Wildman–Crippen MR) is 39.7 cm³/mol. The molecule has 0 bridgehead atoms. The van der Waals surface area contributed by atoms with Gasteiger partial charge in [-0.3, -0.25) is 0 Å². The minimum Gasteiger partial charge on any atom is -0.629 e. The summed E-state index contributed by atoms with van der Waals surface area (Å²) in [6.07, 6.45) is 0. The Balaban J connectivity index is 3.21. The summed E-state index contributed by atoms with van der Waals surface area (Å²) < 4.78 is 0. The Bertz CT molecular complexity index is 240. The molecule has 0 fully saturated rings. The standard InChI is InChI=1S/C7H9NO3/c1-8(11)7-5(9)3-2-4-6(7)10/h2-4,8-10H,1H3. The molecule has 60 valence electrons. The average molecular weight is 155 g/mol. The van der Waals surface area contributed by atoms with Crippen molar-refractivity contribution in [2.45, 2.75) is 0 Å². The topological polar surface area (TPSA) is 68.0 Å². The van der Waals surface area contributed by atoms with Gasteiger partial charge in [-0.05, 0) is 12.1 Å². The quantitative estimate of drug-likeness (QED) is 0.386. The first kappa shape index (κ1) is 7.84. The molecule has 4 heteroatoms. The SMILES string of the molecule is C[NH+]([O-])c1c(O)cccc1O. The third kappa shape index (κ3) is 1.42. The lowest BCUT2D eigenvalue weighted by molar-refractivity contribution is -0.752. The van der Waals surface area contributed by atoms with Crippen molar-refractivity contribution in [3.63, 3.8) is 0 Å². The highest BCUT2D eigenvalue weighted by molar-refractivity contribution is 5.55. The number of hydrogen-bond donors (Lipinski definition) is 3. The van der Waals surface area contributed by atoms with Crippen LogP contribution < -0.4 is 5.06 Å². The summed E-state index contributed by atoms with van der Waals surface area (Å²) in [5.41, 5.74) is -0.0208. The zero-order chi connectivity index (χ0) is 8.43. The summed E-state index contributed by atoms with van der Waals surface area (Å²) in [6, 6.07) is 4.18. The van der Waals surface area contributed by atoms with Crippen molar-refractivity contribution in [3.05, 3.63) is 23.4 Å². The first-order chi connectivity index (χ1) is 5.13. The van der Waals surface area contributed by atoms with E-state index in [-0.39, 0.29) is 22.2 Å². The fourth-order valence-corrected chi connectivity index (χ4v) is 0.889. The molecular weight excluding hydrogens is 146 g/mol. The molecule has 3 N–H and O–H groups in total. The number of quaternary nitrogens is 1. The van der Waals surface area contributed by atoms with Gasteiger partial charge in [0.15, 0.2) is 11.5 Å². The third-order valence-electron chi connectivity index (χ3n) is 1.37. The highest BCUT2D eigenvalue weighted by atomic mass is 16.5. The van der Waals surface area contributed by atoms with Crippen LogP contribution >= 0.6 is 0 Å². The van der Waals surface area contributed by atoms with Gasteiger partial charge in [-0.15, -0.1) is 0 Å². The molecule has 0 saturated carbocycles. The second-order valence-corrected chi connectivity index (χ2v) is 2.23. The maximum atomic E-state index is 10.8. The minimum atomic E-state index is -0.347. The van der Waals surface area contributed by atoms with Crippen molar-refractivity contribution in [1.82, 2.24) is 0 Å². The summed E-state index contributed by atoms with van der Waals surface area (Å²) in [5.74, 6) is -0.366. The van der Waals surface area contributed by atoms with Crippen LogP contribution in [-0.4, -0.2) is 17.3 Å². The Kier molecular flexibility index (Phi) is 1.98. The second kappa shape index (κ2) is 2.77. The van der Waals surface area contributed by atoms with Crippen LogP contribution in [0.25, 0.3) is 0 Å². The predicted octanol–water partition coefficient (Wildman–Crippen LogP) is -0.258. The second-order valence-electron chi connectivity index (χ2n) is 2.23. The number of nitrogens with one attached hydrogen (secondary N) is 1. The fourth-order valence-electron chi connectivity index (χ4n) is 0.889. The summed E-state index contributed by atoms with van der Waals surface area (Å²) in [5, 5.41) is 28.6. The summed E-state index contributed by atoms with van der Waals surface area (Å²) in [7, 11) is 1.29. The molecule has 1 aromatic rings. The molecule has 0 aliphatic carbocycles. The van der Waals surface area contributed by atoms with E-state index < -0.39 is 0 Å². The molecule has 0 heterocycles. The van der Waals surface area contributed by atoms with Crippen LogP contribution in [0.15, 0.2) is 18.2 Å². The number of para-hydroxylation sites is 1. The van der Waals surface area contributed by atoms with Crippen molar-refractivity contribution >= 4 is 5.69 Å². The van der Waals surface area contributed by atoms with E-state index in [1.807, 2.05) is 0 Å². The lowest BCUT2D eigenvalue weighted by Crippen LogP contribution is -2.98. The molecule has 0 radical (unpaired) electrons. The van der Waals surface area contributed by atoms with Crippen LogP contribution in [0, 0.1) is 5.21 Å². The zero-order valence-electron chi connectivity index (χ0n) is 6.03. The summed E-state index contributed by atoms with van der Waals surface area (Å²) >= 11 is 0. The normalized spacial score (nSPS) is 12.9. The number of aromatic hydroxyl groups is 2. The van der Waals surface area contributed by atoms with Gasteiger partial charge in [0, 0.05) is 0 Å². The van der Waals surface area contributed by atoms with Crippen molar-refractivity contribution in [1.29, 1.82) is 0 Å². The molecule has 1 unspecified atom stereocenters. The van der Waals surface area contributed by atoms with E-state index >= 15 is 0 Å². The molecule has 0 aliphatic heterocycles. The number of phenols is 2. The van der Waals surface area contributed by atoms with E-state index in [1.54, 1.807) is 0 Å². The van der Waals surface area contributed by atoms with Gasteiger partial charge in [-0.1, -0.05) is 6.07 Å². The largest absolute Gasteiger partial charge is 0.629 e. The molecule has 0 spiro atoms. The van der Waals surface area contributed by atoms with E-state index in [0.717, 1.165) is 0 Å². The number of hydroxylamine groups is 1. The number of rotatable bonds is 1. The van der Waals surface area contributed by atoms with Crippen molar-refractivity contribution < 1.29 is 15.3 Å². The first-order valence-electron chi connectivity index (χ1n) is 3.15. The van der Waals surface area contributed by atoms with Gasteiger partial charge in [-0.2, -0.15) is 0 Å². The van der Waals surface area contributed by atoms with Crippen molar-refractivity contribution in [2.75, 3.05) is 7.05 Å². The average Bonchev–Trinajstić information content (AvgIpc) is 1.85. The molecule has 0 aliphatic rings. The molecule has 1 atom stereocenters. The lowest BCUT2D eigenvalue weighted by Gasteiger charge is -2.17. The van der Waals surface area contributed by atoms with E-state index in [1.165, 1.54) is 25.2 Å². The maximum absolute atomic E-state index is 10.8. The van der Waals surface area contributed by atoms with E-state index in [2.05, 4.69) is 0 Å². The Labute approximate surface area is 63.9 Å². The maximum Gasteiger partial charge on any atom is 0.215 e. The smallest absolute Gasteiger partial charge is 0.215 e. The van der Waals surface area contributed by atoms with E-state index in [0.29, 0.717) is 0 Å². The molecule has 4 nitrogen and oxygen atoms in total. The molecule has 11 heavy (non-hydrogen) atoms. The fraction of sp³-hybridized carbons (Fsp3) is 0.143. The van der Waals surface area contributed by atoms with Crippen LogP contribution in [0.2, 0.25) is 0 Å². The van der Waals surface area contributed by atoms with Gasteiger partial charge < -0.3 is 20.5 Å².